The van der Waals surface area contributed by atoms with Gasteiger partial charge >= 0.3 is 0 Å². The highest BCUT2D eigenvalue weighted by molar-refractivity contribution is 5.96. The molecular formula is C24H36N2O4. The lowest BCUT2D eigenvalue weighted by Crippen LogP contribution is -2.59. The van der Waals surface area contributed by atoms with Crippen molar-refractivity contribution in [1.29, 1.82) is 0 Å². The monoisotopic (exact) mass is 416 g/mol. The first-order chi connectivity index (χ1) is 14.4. The summed E-state index contributed by atoms with van der Waals surface area (Å²) in [5.74, 6) is 0.773. The van der Waals surface area contributed by atoms with Crippen molar-refractivity contribution in [2.24, 2.45) is 39.7 Å². The maximum Gasteiger partial charge on any atom is 0.141 e. The van der Waals surface area contributed by atoms with Crippen molar-refractivity contribution in [1.82, 2.24) is 5.32 Å². The van der Waals surface area contributed by atoms with Gasteiger partial charge in [-0.1, -0.05) is 24.6 Å². The second kappa shape index (κ2) is 7.42. The number of nitrogens with zero attached hydrogens (tertiary/aromatic N) is 1. The van der Waals surface area contributed by atoms with Gasteiger partial charge in [0.2, 0.25) is 0 Å². The number of carbonyl (C=O) groups is 1. The molecule has 0 aromatic rings. The smallest absolute Gasteiger partial charge is 0.141 e. The van der Waals surface area contributed by atoms with Crippen molar-refractivity contribution < 1.29 is 19.8 Å². The number of allylic oxidation sites excluding steroid dienone is 1. The van der Waals surface area contributed by atoms with Gasteiger partial charge in [-0.25, -0.2) is 0 Å². The molecule has 1 aliphatic heterocycles. The molecule has 0 amide bonds. The Kier molecular flexibility index (Phi) is 5.11. The van der Waals surface area contributed by atoms with E-state index < -0.39 is 6.10 Å². The number of rotatable bonds is 3. The number of fused-ring (bicyclic) bond motifs is 5. The molecular weight excluding hydrogens is 380 g/mol. The Morgan fingerprint density at radius 3 is 2.70 bits per heavy atom. The Morgan fingerprint density at radius 1 is 1.17 bits per heavy atom. The first-order valence-electron chi connectivity index (χ1n) is 11.9. The van der Waals surface area contributed by atoms with Crippen LogP contribution in [0.3, 0.4) is 0 Å². The lowest BCUT2D eigenvalue weighted by molar-refractivity contribution is -0.145. The van der Waals surface area contributed by atoms with Crippen LogP contribution >= 0.6 is 0 Å². The van der Waals surface area contributed by atoms with Crippen molar-refractivity contribution in [2.75, 3.05) is 19.7 Å². The van der Waals surface area contributed by atoms with Gasteiger partial charge in [0.05, 0.1) is 18.4 Å². The van der Waals surface area contributed by atoms with Crippen molar-refractivity contribution in [3.05, 3.63) is 11.6 Å². The molecule has 30 heavy (non-hydrogen) atoms. The molecule has 5 aliphatic rings. The fraction of sp³-hybridized carbons (Fsp3) is 0.833. The van der Waals surface area contributed by atoms with Gasteiger partial charge in [-0.2, -0.15) is 0 Å². The van der Waals surface area contributed by atoms with Gasteiger partial charge < -0.3 is 20.4 Å². The van der Waals surface area contributed by atoms with E-state index in [4.69, 9.17) is 4.84 Å². The predicted octanol–water partition coefficient (Wildman–Crippen LogP) is 2.44. The minimum Gasteiger partial charge on any atom is -0.396 e. The molecule has 1 heterocycles. The number of aliphatic hydroxyl groups excluding tert-OH is 2. The molecule has 6 heteroatoms. The maximum absolute atomic E-state index is 12.7. The molecule has 166 valence electrons. The minimum atomic E-state index is -0.603. The SMILES string of the molecule is C[C@]12CC/C(=N\OC3CCNC3)C=C1[C@@H](CO)[C@@H](O)C1C2CC[C@]2(C)C(=O)CCC12. The van der Waals surface area contributed by atoms with Gasteiger partial charge in [-0.15, -0.1) is 0 Å². The molecule has 1 saturated heterocycles. The lowest BCUT2D eigenvalue weighted by Gasteiger charge is -2.60. The summed E-state index contributed by atoms with van der Waals surface area (Å²) in [4.78, 5) is 18.4. The maximum atomic E-state index is 12.7. The van der Waals surface area contributed by atoms with Gasteiger partial charge in [0.1, 0.15) is 11.9 Å². The van der Waals surface area contributed by atoms with E-state index in [2.05, 4.69) is 30.4 Å². The molecule has 4 fully saturated rings. The van der Waals surface area contributed by atoms with Crippen LogP contribution in [0.25, 0.3) is 0 Å². The standard InChI is InChI=1S/C24H36N2O4/c1-23-8-5-14(26-30-15-7-10-25-12-15)11-19(23)16(13-27)22(29)21-17-3-4-20(28)24(17,2)9-6-18(21)23/h11,15-18,21-22,25,27,29H,3-10,12-13H2,1-2H3/b26-14+/t15?,16-,17?,18?,21?,22-,23-,24+/m1/s1. The molecule has 6 nitrogen and oxygen atoms in total. The molecule has 5 rings (SSSR count). The Morgan fingerprint density at radius 2 is 1.97 bits per heavy atom. The number of aliphatic hydroxyl groups is 2. The van der Waals surface area contributed by atoms with E-state index >= 15 is 0 Å². The van der Waals surface area contributed by atoms with Gasteiger partial charge in [-0.3, -0.25) is 4.79 Å². The van der Waals surface area contributed by atoms with Crippen LogP contribution in [0.5, 0.6) is 0 Å². The normalized spacial score (nSPS) is 49.4. The van der Waals surface area contributed by atoms with E-state index in [-0.39, 0.29) is 41.3 Å². The largest absolute Gasteiger partial charge is 0.396 e. The van der Waals surface area contributed by atoms with E-state index in [0.29, 0.717) is 18.1 Å². The summed E-state index contributed by atoms with van der Waals surface area (Å²) in [6.07, 6.45) is 7.87. The second-order valence-corrected chi connectivity index (χ2v) is 10.8. The third-order valence-corrected chi connectivity index (χ3v) is 9.48. The molecule has 0 radical (unpaired) electrons. The summed E-state index contributed by atoms with van der Waals surface area (Å²) in [5, 5.41) is 29.5. The molecule has 0 spiro atoms. The summed E-state index contributed by atoms with van der Waals surface area (Å²) >= 11 is 0. The van der Waals surface area contributed by atoms with Crippen molar-refractivity contribution >= 4 is 11.5 Å². The zero-order chi connectivity index (χ0) is 21.1. The van der Waals surface area contributed by atoms with E-state index in [1.807, 2.05) is 0 Å². The average molecular weight is 417 g/mol. The molecule has 3 N–H and O–H groups in total. The third kappa shape index (κ3) is 2.94. The van der Waals surface area contributed by atoms with Crippen LogP contribution in [0.15, 0.2) is 16.8 Å². The predicted molar refractivity (Wildman–Crippen MR) is 114 cm³/mol. The Balaban J connectivity index is 1.47. The second-order valence-electron chi connectivity index (χ2n) is 10.8. The van der Waals surface area contributed by atoms with Crippen LogP contribution in [0, 0.1) is 34.5 Å². The number of Topliss-reactive ketones (excluding diaryl/α,β-unsaturated/α-hetero) is 1. The summed E-state index contributed by atoms with van der Waals surface area (Å²) in [5.41, 5.74) is 1.72. The Bertz CT molecular complexity index is 773. The fourth-order valence-electron chi connectivity index (χ4n) is 7.66. The topological polar surface area (TPSA) is 91.2 Å². The third-order valence-electron chi connectivity index (χ3n) is 9.48. The number of hydrogen-bond acceptors (Lipinski definition) is 6. The van der Waals surface area contributed by atoms with E-state index in [9.17, 15) is 15.0 Å². The van der Waals surface area contributed by atoms with Crippen LogP contribution < -0.4 is 5.32 Å². The highest BCUT2D eigenvalue weighted by Gasteiger charge is 2.63. The van der Waals surface area contributed by atoms with Crippen LogP contribution in [0.2, 0.25) is 0 Å². The van der Waals surface area contributed by atoms with Gasteiger partial charge in [-0.05, 0) is 67.9 Å². The first-order valence-corrected chi connectivity index (χ1v) is 11.9. The van der Waals surface area contributed by atoms with E-state index in [0.717, 1.165) is 62.9 Å². The summed E-state index contributed by atoms with van der Waals surface area (Å²) in [6, 6.07) is 0. The van der Waals surface area contributed by atoms with E-state index in [1.54, 1.807) is 0 Å². The summed E-state index contributed by atoms with van der Waals surface area (Å²) in [6.45, 7) is 6.19. The molecule has 3 saturated carbocycles. The Labute approximate surface area is 179 Å². The van der Waals surface area contributed by atoms with E-state index in [1.165, 1.54) is 0 Å². The lowest BCUT2D eigenvalue weighted by atomic mass is 9.45. The van der Waals surface area contributed by atoms with Crippen LogP contribution in [-0.2, 0) is 9.63 Å². The summed E-state index contributed by atoms with van der Waals surface area (Å²) in [7, 11) is 0. The number of hydrogen-bond donors (Lipinski definition) is 3. The van der Waals surface area contributed by atoms with Gasteiger partial charge in [0.25, 0.3) is 0 Å². The van der Waals surface area contributed by atoms with Crippen molar-refractivity contribution in [3.8, 4) is 0 Å². The van der Waals surface area contributed by atoms with Crippen molar-refractivity contribution in [2.45, 2.75) is 71.0 Å². The fourth-order valence-corrected chi connectivity index (χ4v) is 7.66. The zero-order valence-electron chi connectivity index (χ0n) is 18.3. The van der Waals surface area contributed by atoms with Gasteiger partial charge in [0, 0.05) is 30.7 Å². The molecule has 8 atom stereocenters. The quantitative estimate of drug-likeness (QED) is 0.615. The minimum absolute atomic E-state index is 0.0573. The first kappa shape index (κ1) is 20.7. The molecule has 4 aliphatic carbocycles. The highest BCUT2D eigenvalue weighted by atomic mass is 16.6. The molecule has 0 aromatic carbocycles. The highest BCUT2D eigenvalue weighted by Crippen LogP contribution is 2.65. The Hall–Kier alpha value is -1.24. The number of ketones is 1. The zero-order valence-corrected chi connectivity index (χ0v) is 18.3. The number of oxime groups is 1. The van der Waals surface area contributed by atoms with Crippen LogP contribution in [0.4, 0.5) is 0 Å². The number of carbonyl (C=O) groups excluding carboxylic acids is 1. The number of nitrogens with one attached hydrogen (secondary N) is 1. The van der Waals surface area contributed by atoms with Crippen LogP contribution in [0.1, 0.15) is 58.8 Å². The summed E-state index contributed by atoms with van der Waals surface area (Å²) < 4.78 is 0. The molecule has 4 unspecified atom stereocenters. The van der Waals surface area contributed by atoms with Gasteiger partial charge in [0.15, 0.2) is 0 Å². The average Bonchev–Trinajstić information content (AvgIpc) is 3.36. The van der Waals surface area contributed by atoms with Crippen molar-refractivity contribution in [3.63, 3.8) is 0 Å². The molecule has 0 aromatic heterocycles. The van der Waals surface area contributed by atoms with Crippen LogP contribution in [-0.4, -0.2) is 53.6 Å². The molecule has 0 bridgehead atoms.